The molecular weight excluding hydrogens is 288 g/mol. The second-order valence-corrected chi connectivity index (χ2v) is 5.63. The van der Waals surface area contributed by atoms with Crippen LogP contribution in [0.4, 0.5) is 5.82 Å². The van der Waals surface area contributed by atoms with Crippen molar-refractivity contribution in [2.75, 3.05) is 11.4 Å². The number of aromatic nitrogens is 1. The third kappa shape index (κ3) is 1.98. The lowest BCUT2D eigenvalue weighted by Gasteiger charge is -2.18. The van der Waals surface area contributed by atoms with Gasteiger partial charge in [0.1, 0.15) is 5.82 Å². The lowest BCUT2D eigenvalue weighted by Crippen LogP contribution is -2.26. The summed E-state index contributed by atoms with van der Waals surface area (Å²) in [6.07, 6.45) is 2.25. The standard InChI is InChI=1S/C11H13BrN2OS/c1-6-7(2)11(13-4-9(6)12)14-5-8(16)3-10(14)15/h4,8,16H,3,5H2,1-2H3. The highest BCUT2D eigenvalue weighted by Crippen LogP contribution is 2.29. The van der Waals surface area contributed by atoms with E-state index >= 15 is 0 Å². The van der Waals surface area contributed by atoms with Crippen LogP contribution >= 0.6 is 28.6 Å². The van der Waals surface area contributed by atoms with Crippen molar-refractivity contribution in [2.24, 2.45) is 0 Å². The van der Waals surface area contributed by atoms with Gasteiger partial charge in [0.15, 0.2) is 0 Å². The molecule has 0 saturated carbocycles. The number of rotatable bonds is 1. The summed E-state index contributed by atoms with van der Waals surface area (Å²) in [4.78, 5) is 17.8. The van der Waals surface area contributed by atoms with E-state index in [9.17, 15) is 4.79 Å². The first kappa shape index (κ1) is 11.9. The fourth-order valence-corrected chi connectivity index (χ4v) is 2.54. The predicted molar refractivity (Wildman–Crippen MR) is 71.2 cm³/mol. The Hall–Kier alpha value is -0.550. The number of hydrogen-bond donors (Lipinski definition) is 1. The van der Waals surface area contributed by atoms with Gasteiger partial charge in [0.25, 0.3) is 0 Å². The molecular formula is C11H13BrN2OS. The zero-order valence-corrected chi connectivity index (χ0v) is 11.7. The third-order valence-corrected chi connectivity index (χ3v) is 4.06. The second kappa shape index (κ2) is 4.37. The van der Waals surface area contributed by atoms with Gasteiger partial charge in [-0.2, -0.15) is 12.6 Å². The molecule has 1 atom stereocenters. The summed E-state index contributed by atoms with van der Waals surface area (Å²) in [6, 6.07) is 0. The summed E-state index contributed by atoms with van der Waals surface area (Å²) in [6.45, 7) is 4.65. The van der Waals surface area contributed by atoms with Crippen LogP contribution in [0.1, 0.15) is 17.5 Å². The first-order chi connectivity index (χ1) is 7.50. The average Bonchev–Trinajstić information content (AvgIpc) is 2.55. The van der Waals surface area contributed by atoms with Crippen molar-refractivity contribution in [2.45, 2.75) is 25.5 Å². The van der Waals surface area contributed by atoms with Crippen molar-refractivity contribution in [3.8, 4) is 0 Å². The minimum Gasteiger partial charge on any atom is -0.295 e. The first-order valence-electron chi connectivity index (χ1n) is 5.11. The smallest absolute Gasteiger partial charge is 0.229 e. The van der Waals surface area contributed by atoms with E-state index in [0.717, 1.165) is 21.4 Å². The molecule has 1 aliphatic heterocycles. The average molecular weight is 301 g/mol. The van der Waals surface area contributed by atoms with E-state index in [4.69, 9.17) is 0 Å². The van der Waals surface area contributed by atoms with Gasteiger partial charge in [-0.05, 0) is 40.9 Å². The Bertz CT molecular complexity index is 450. The van der Waals surface area contributed by atoms with E-state index in [1.54, 1.807) is 11.1 Å². The third-order valence-electron chi connectivity index (χ3n) is 2.92. The summed E-state index contributed by atoms with van der Waals surface area (Å²) >= 11 is 7.78. The van der Waals surface area contributed by atoms with Gasteiger partial charge in [-0.1, -0.05) is 0 Å². The van der Waals surface area contributed by atoms with Crippen molar-refractivity contribution in [1.82, 2.24) is 4.98 Å². The number of halogens is 1. The highest BCUT2D eigenvalue weighted by Gasteiger charge is 2.30. The zero-order valence-electron chi connectivity index (χ0n) is 9.20. The molecule has 0 radical (unpaired) electrons. The molecule has 0 bridgehead atoms. The Morgan fingerprint density at radius 2 is 2.19 bits per heavy atom. The van der Waals surface area contributed by atoms with Crippen molar-refractivity contribution in [3.05, 3.63) is 21.8 Å². The number of amides is 1. The summed E-state index contributed by atoms with van der Waals surface area (Å²) < 4.78 is 0.975. The Balaban J connectivity index is 2.42. The minimum atomic E-state index is 0.109. The normalized spacial score (nSPS) is 20.6. The van der Waals surface area contributed by atoms with Crippen LogP contribution in [-0.2, 0) is 4.79 Å². The number of hydrogen-bond acceptors (Lipinski definition) is 3. The predicted octanol–water partition coefficient (Wildman–Crippen LogP) is 2.50. The number of carbonyl (C=O) groups excluding carboxylic acids is 1. The van der Waals surface area contributed by atoms with Crippen LogP contribution in [-0.4, -0.2) is 22.7 Å². The molecule has 0 N–H and O–H groups in total. The summed E-state index contributed by atoms with van der Waals surface area (Å²) in [7, 11) is 0. The summed E-state index contributed by atoms with van der Waals surface area (Å²) in [5.41, 5.74) is 2.17. The minimum absolute atomic E-state index is 0.109. The molecule has 1 aliphatic rings. The van der Waals surface area contributed by atoms with Crippen LogP contribution in [0, 0.1) is 13.8 Å². The molecule has 0 aromatic carbocycles. The highest BCUT2D eigenvalue weighted by molar-refractivity contribution is 9.10. The molecule has 5 heteroatoms. The van der Waals surface area contributed by atoms with Gasteiger partial charge in [0, 0.05) is 28.9 Å². The van der Waals surface area contributed by atoms with E-state index in [1.165, 1.54) is 0 Å². The topological polar surface area (TPSA) is 33.2 Å². The SMILES string of the molecule is Cc1c(Br)cnc(N2CC(S)CC2=O)c1C. The molecule has 86 valence electrons. The number of anilines is 1. The fraction of sp³-hybridized carbons (Fsp3) is 0.455. The Kier molecular flexibility index (Phi) is 3.26. The van der Waals surface area contributed by atoms with Gasteiger partial charge >= 0.3 is 0 Å². The molecule has 2 heterocycles. The van der Waals surface area contributed by atoms with Gasteiger partial charge in [-0.3, -0.25) is 9.69 Å². The molecule has 0 aliphatic carbocycles. The van der Waals surface area contributed by atoms with Gasteiger partial charge in [0.05, 0.1) is 0 Å². The van der Waals surface area contributed by atoms with E-state index in [2.05, 4.69) is 33.5 Å². The maximum Gasteiger partial charge on any atom is 0.229 e. The largest absolute Gasteiger partial charge is 0.295 e. The zero-order chi connectivity index (χ0) is 11.9. The maximum absolute atomic E-state index is 11.8. The molecule has 0 spiro atoms. The lowest BCUT2D eigenvalue weighted by molar-refractivity contribution is -0.117. The molecule has 3 nitrogen and oxygen atoms in total. The summed E-state index contributed by atoms with van der Waals surface area (Å²) in [5, 5.41) is 0.123. The van der Waals surface area contributed by atoms with E-state index in [1.807, 2.05) is 13.8 Å². The molecule has 1 aromatic heterocycles. The maximum atomic E-state index is 11.8. The van der Waals surface area contributed by atoms with Crippen LogP contribution in [0.2, 0.25) is 0 Å². The molecule has 1 unspecified atom stereocenters. The van der Waals surface area contributed by atoms with Crippen molar-refractivity contribution >= 4 is 40.3 Å². The Morgan fingerprint density at radius 3 is 2.75 bits per heavy atom. The van der Waals surface area contributed by atoms with Crippen LogP contribution in [0.25, 0.3) is 0 Å². The van der Waals surface area contributed by atoms with Crippen LogP contribution < -0.4 is 4.90 Å². The lowest BCUT2D eigenvalue weighted by atomic mass is 10.1. The molecule has 16 heavy (non-hydrogen) atoms. The van der Waals surface area contributed by atoms with Crippen molar-refractivity contribution < 1.29 is 4.79 Å². The Morgan fingerprint density at radius 1 is 1.50 bits per heavy atom. The fourth-order valence-electron chi connectivity index (χ4n) is 1.82. The van der Waals surface area contributed by atoms with E-state index in [0.29, 0.717) is 13.0 Å². The van der Waals surface area contributed by atoms with Crippen molar-refractivity contribution in [3.63, 3.8) is 0 Å². The number of thiol groups is 1. The van der Waals surface area contributed by atoms with Crippen LogP contribution in [0.15, 0.2) is 10.7 Å². The quantitative estimate of drug-likeness (QED) is 0.809. The van der Waals surface area contributed by atoms with Crippen LogP contribution in [0.3, 0.4) is 0 Å². The van der Waals surface area contributed by atoms with Crippen molar-refractivity contribution in [1.29, 1.82) is 0 Å². The van der Waals surface area contributed by atoms with E-state index < -0.39 is 0 Å². The first-order valence-corrected chi connectivity index (χ1v) is 6.41. The number of carbonyl (C=O) groups is 1. The second-order valence-electron chi connectivity index (χ2n) is 4.04. The van der Waals surface area contributed by atoms with Gasteiger partial charge < -0.3 is 0 Å². The van der Waals surface area contributed by atoms with Gasteiger partial charge in [0.2, 0.25) is 5.91 Å². The van der Waals surface area contributed by atoms with Gasteiger partial charge in [-0.25, -0.2) is 4.98 Å². The molecule has 1 saturated heterocycles. The van der Waals surface area contributed by atoms with E-state index in [-0.39, 0.29) is 11.2 Å². The number of pyridine rings is 1. The molecule has 1 amide bonds. The van der Waals surface area contributed by atoms with Crippen LogP contribution in [0.5, 0.6) is 0 Å². The number of nitrogens with zero attached hydrogens (tertiary/aromatic N) is 2. The summed E-state index contributed by atoms with van der Waals surface area (Å²) in [5.74, 6) is 0.875. The molecule has 1 fully saturated rings. The molecule has 1 aromatic rings. The highest BCUT2D eigenvalue weighted by atomic mass is 79.9. The molecule has 2 rings (SSSR count). The Labute approximate surface area is 109 Å². The van der Waals surface area contributed by atoms with Gasteiger partial charge in [-0.15, -0.1) is 0 Å². The monoisotopic (exact) mass is 300 g/mol.